The van der Waals surface area contributed by atoms with E-state index < -0.39 is 0 Å². The fraction of sp³-hybridized carbons (Fsp3) is 0.231. The van der Waals surface area contributed by atoms with Gasteiger partial charge >= 0.3 is 0 Å². The predicted molar refractivity (Wildman–Crippen MR) is 127 cm³/mol. The van der Waals surface area contributed by atoms with Gasteiger partial charge in [-0.05, 0) is 37.1 Å². The lowest BCUT2D eigenvalue weighted by Gasteiger charge is -2.23. The van der Waals surface area contributed by atoms with E-state index in [-0.39, 0.29) is 0 Å². The van der Waals surface area contributed by atoms with Crippen LogP contribution in [-0.4, -0.2) is 28.3 Å². The summed E-state index contributed by atoms with van der Waals surface area (Å²) in [6, 6.07) is 21.3. The lowest BCUT2D eigenvalue weighted by molar-refractivity contribution is 0.845. The lowest BCUT2D eigenvalue weighted by atomic mass is 10.0. The number of benzene rings is 2. The SMILES string of the molecule is CCN(CC)c1ncccc1NCc1ccc(-c2n[nH]c3c2Cc2ccccc2-3)cc1. The fourth-order valence-corrected chi connectivity index (χ4v) is 4.40. The van der Waals surface area contributed by atoms with Crippen LogP contribution in [0.3, 0.4) is 0 Å². The van der Waals surface area contributed by atoms with Crippen LogP contribution in [0.25, 0.3) is 22.5 Å². The molecule has 0 aliphatic heterocycles. The second-order valence-electron chi connectivity index (χ2n) is 7.86. The van der Waals surface area contributed by atoms with Crippen LogP contribution in [0.5, 0.6) is 0 Å². The van der Waals surface area contributed by atoms with Crippen LogP contribution < -0.4 is 10.2 Å². The van der Waals surface area contributed by atoms with E-state index in [2.05, 4.69) is 93.8 Å². The van der Waals surface area contributed by atoms with Gasteiger partial charge in [0.25, 0.3) is 0 Å². The Morgan fingerprint density at radius 1 is 0.968 bits per heavy atom. The van der Waals surface area contributed by atoms with Gasteiger partial charge in [-0.15, -0.1) is 0 Å². The third-order valence-electron chi connectivity index (χ3n) is 6.08. The van der Waals surface area contributed by atoms with E-state index >= 15 is 0 Å². The van der Waals surface area contributed by atoms with Crippen LogP contribution in [0.2, 0.25) is 0 Å². The molecule has 0 bridgehead atoms. The number of fused-ring (bicyclic) bond motifs is 3. The third-order valence-corrected chi connectivity index (χ3v) is 6.08. The zero-order chi connectivity index (χ0) is 21.2. The number of aromatic nitrogens is 3. The Kier molecular flexibility index (Phi) is 5.16. The van der Waals surface area contributed by atoms with E-state index in [9.17, 15) is 0 Å². The molecule has 0 saturated carbocycles. The smallest absolute Gasteiger partial charge is 0.151 e. The molecule has 2 aromatic carbocycles. The van der Waals surface area contributed by atoms with Gasteiger partial charge in [-0.2, -0.15) is 5.10 Å². The summed E-state index contributed by atoms with van der Waals surface area (Å²) < 4.78 is 0. The van der Waals surface area contributed by atoms with Gasteiger partial charge in [0.15, 0.2) is 5.82 Å². The summed E-state index contributed by atoms with van der Waals surface area (Å²) in [6.07, 6.45) is 2.80. The Morgan fingerprint density at radius 3 is 2.58 bits per heavy atom. The predicted octanol–water partition coefficient (Wildman–Crippen LogP) is 5.50. The summed E-state index contributed by atoms with van der Waals surface area (Å²) in [7, 11) is 0. The summed E-state index contributed by atoms with van der Waals surface area (Å²) in [4.78, 5) is 6.85. The number of hydrogen-bond donors (Lipinski definition) is 2. The molecule has 156 valence electrons. The minimum absolute atomic E-state index is 0.754. The Hall–Kier alpha value is -3.60. The summed E-state index contributed by atoms with van der Waals surface area (Å²) in [5.74, 6) is 1.01. The van der Waals surface area contributed by atoms with Gasteiger partial charge in [-0.3, -0.25) is 5.10 Å². The van der Waals surface area contributed by atoms with Crippen molar-refractivity contribution in [3.05, 3.63) is 83.6 Å². The Balaban J connectivity index is 1.32. The number of anilines is 2. The maximum Gasteiger partial charge on any atom is 0.151 e. The first-order valence-corrected chi connectivity index (χ1v) is 11.0. The fourth-order valence-electron chi connectivity index (χ4n) is 4.40. The van der Waals surface area contributed by atoms with Gasteiger partial charge < -0.3 is 10.2 Å². The standard InChI is InChI=1S/C26H27N5/c1-3-31(4-2)26-23(10-7-15-27-26)28-17-18-11-13-19(14-12-18)24-22-16-20-8-5-6-9-21(20)25(22)30-29-24/h5-15,28H,3-4,16-17H2,1-2H3,(H,29,30). The lowest BCUT2D eigenvalue weighted by Crippen LogP contribution is -2.24. The highest BCUT2D eigenvalue weighted by Gasteiger charge is 2.24. The molecule has 5 nitrogen and oxygen atoms in total. The van der Waals surface area contributed by atoms with Gasteiger partial charge in [0.05, 0.1) is 17.1 Å². The average molecular weight is 410 g/mol. The molecule has 0 saturated heterocycles. The molecule has 2 N–H and O–H groups in total. The van der Waals surface area contributed by atoms with Crippen molar-refractivity contribution >= 4 is 11.5 Å². The van der Waals surface area contributed by atoms with Crippen LogP contribution in [0.1, 0.15) is 30.5 Å². The highest BCUT2D eigenvalue weighted by atomic mass is 15.2. The maximum atomic E-state index is 4.63. The van der Waals surface area contributed by atoms with E-state index in [0.717, 1.165) is 54.5 Å². The number of H-pyrrole nitrogens is 1. The van der Waals surface area contributed by atoms with E-state index in [1.165, 1.54) is 22.3 Å². The summed E-state index contributed by atoms with van der Waals surface area (Å²) in [6.45, 7) is 6.95. The molecule has 2 aromatic heterocycles. The molecule has 0 unspecified atom stereocenters. The molecule has 5 heteroatoms. The number of rotatable bonds is 7. The third kappa shape index (κ3) is 3.56. The van der Waals surface area contributed by atoms with E-state index in [0.29, 0.717) is 0 Å². The van der Waals surface area contributed by atoms with Crippen molar-refractivity contribution in [2.45, 2.75) is 26.8 Å². The van der Waals surface area contributed by atoms with Gasteiger partial charge in [0.1, 0.15) is 0 Å². The van der Waals surface area contributed by atoms with Crippen LogP contribution >= 0.6 is 0 Å². The zero-order valence-corrected chi connectivity index (χ0v) is 18.0. The Labute approximate surface area is 183 Å². The topological polar surface area (TPSA) is 56.8 Å². The first kappa shape index (κ1) is 19.4. The van der Waals surface area contributed by atoms with Crippen molar-refractivity contribution < 1.29 is 0 Å². The average Bonchev–Trinajstić information content (AvgIpc) is 3.39. The van der Waals surface area contributed by atoms with Crippen molar-refractivity contribution in [1.29, 1.82) is 0 Å². The van der Waals surface area contributed by atoms with E-state index in [1.807, 2.05) is 12.3 Å². The molecule has 31 heavy (non-hydrogen) atoms. The van der Waals surface area contributed by atoms with Crippen LogP contribution in [0, 0.1) is 0 Å². The van der Waals surface area contributed by atoms with Crippen molar-refractivity contribution in [1.82, 2.24) is 15.2 Å². The minimum atomic E-state index is 0.754. The Bertz CT molecular complexity index is 1190. The normalized spacial score (nSPS) is 11.8. The largest absolute Gasteiger partial charge is 0.378 e. The molecule has 4 aromatic rings. The first-order chi connectivity index (χ1) is 15.3. The van der Waals surface area contributed by atoms with Crippen LogP contribution in [0.15, 0.2) is 66.9 Å². The molecule has 2 heterocycles. The van der Waals surface area contributed by atoms with E-state index in [4.69, 9.17) is 0 Å². The quantitative estimate of drug-likeness (QED) is 0.373. The highest BCUT2D eigenvalue weighted by Crippen LogP contribution is 2.39. The molecule has 0 amide bonds. The highest BCUT2D eigenvalue weighted by molar-refractivity contribution is 5.81. The van der Waals surface area contributed by atoms with Crippen molar-refractivity contribution in [3.63, 3.8) is 0 Å². The number of hydrogen-bond acceptors (Lipinski definition) is 4. The van der Waals surface area contributed by atoms with Gasteiger partial charge in [0, 0.05) is 48.9 Å². The number of pyridine rings is 1. The number of nitrogens with one attached hydrogen (secondary N) is 2. The molecular weight excluding hydrogens is 382 g/mol. The van der Waals surface area contributed by atoms with E-state index in [1.54, 1.807) is 0 Å². The summed E-state index contributed by atoms with van der Waals surface area (Å²) >= 11 is 0. The van der Waals surface area contributed by atoms with Crippen molar-refractivity contribution in [2.24, 2.45) is 0 Å². The van der Waals surface area contributed by atoms with Gasteiger partial charge in [-0.1, -0.05) is 48.5 Å². The Morgan fingerprint density at radius 2 is 1.77 bits per heavy atom. The zero-order valence-electron chi connectivity index (χ0n) is 18.0. The molecule has 1 aliphatic rings. The number of nitrogens with zero attached hydrogens (tertiary/aromatic N) is 3. The van der Waals surface area contributed by atoms with Crippen LogP contribution in [0.4, 0.5) is 11.5 Å². The maximum absolute atomic E-state index is 4.63. The van der Waals surface area contributed by atoms with Gasteiger partial charge in [-0.25, -0.2) is 4.98 Å². The monoisotopic (exact) mass is 409 g/mol. The molecule has 1 aliphatic carbocycles. The second kappa shape index (κ2) is 8.26. The summed E-state index contributed by atoms with van der Waals surface area (Å²) in [5.41, 5.74) is 9.61. The molecule has 0 atom stereocenters. The van der Waals surface area contributed by atoms with Gasteiger partial charge in [0.2, 0.25) is 0 Å². The molecular formula is C26H27N5. The first-order valence-electron chi connectivity index (χ1n) is 11.0. The van der Waals surface area contributed by atoms with Crippen LogP contribution in [-0.2, 0) is 13.0 Å². The molecule has 5 rings (SSSR count). The molecule has 0 radical (unpaired) electrons. The van der Waals surface area contributed by atoms with Crippen molar-refractivity contribution in [2.75, 3.05) is 23.3 Å². The van der Waals surface area contributed by atoms with Crippen molar-refractivity contribution in [3.8, 4) is 22.5 Å². The molecule has 0 spiro atoms. The molecule has 0 fully saturated rings. The summed E-state index contributed by atoms with van der Waals surface area (Å²) in [5, 5.41) is 11.4. The second-order valence-corrected chi connectivity index (χ2v) is 7.86. The minimum Gasteiger partial charge on any atom is -0.378 e. The number of aromatic amines is 1.